The molecular formula is C11H12N4O3S. The fourth-order valence-electron chi connectivity index (χ4n) is 2.31. The summed E-state index contributed by atoms with van der Waals surface area (Å²) in [5.41, 5.74) is 1.34. The van der Waals surface area contributed by atoms with Crippen molar-refractivity contribution in [3.8, 4) is 0 Å². The molecule has 100 valence electrons. The molecule has 0 spiro atoms. The summed E-state index contributed by atoms with van der Waals surface area (Å²) >= 11 is 0. The average molecular weight is 280 g/mol. The zero-order valence-corrected chi connectivity index (χ0v) is 10.7. The minimum atomic E-state index is -3.70. The molecule has 1 aromatic heterocycles. The van der Waals surface area contributed by atoms with E-state index in [-0.39, 0.29) is 18.9 Å². The van der Waals surface area contributed by atoms with Gasteiger partial charge >= 0.3 is 0 Å². The van der Waals surface area contributed by atoms with E-state index in [2.05, 4.69) is 10.2 Å². The number of nitrogens with two attached hydrogens (primary N) is 1. The Morgan fingerprint density at radius 1 is 1.42 bits per heavy atom. The lowest BCUT2D eigenvalue weighted by molar-refractivity contribution is -0.117. The third-order valence-electron chi connectivity index (χ3n) is 3.30. The second-order valence-corrected chi connectivity index (χ2v) is 6.38. The number of nitrogens with zero attached hydrogens (tertiary/aromatic N) is 2. The van der Waals surface area contributed by atoms with Crippen LogP contribution in [-0.2, 0) is 14.8 Å². The fraction of sp³-hybridized carbons (Fsp3) is 0.273. The lowest BCUT2D eigenvalue weighted by atomic mass is 10.2. The van der Waals surface area contributed by atoms with Gasteiger partial charge in [-0.25, -0.2) is 13.6 Å². The Morgan fingerprint density at radius 2 is 2.21 bits per heavy atom. The van der Waals surface area contributed by atoms with Gasteiger partial charge in [0.2, 0.25) is 15.9 Å². The maximum absolute atomic E-state index is 12.0. The molecule has 1 aromatic carbocycles. The zero-order chi connectivity index (χ0) is 13.6. The second-order valence-electron chi connectivity index (χ2n) is 4.53. The Kier molecular flexibility index (Phi) is 2.58. The van der Waals surface area contributed by atoms with E-state index >= 15 is 0 Å². The lowest BCUT2D eigenvalue weighted by Gasteiger charge is -2.16. The van der Waals surface area contributed by atoms with Crippen LogP contribution in [0, 0.1) is 0 Å². The molecule has 1 aliphatic heterocycles. The van der Waals surface area contributed by atoms with Gasteiger partial charge in [0.05, 0.1) is 17.4 Å². The Bertz CT molecular complexity index is 752. The van der Waals surface area contributed by atoms with Crippen molar-refractivity contribution in [2.45, 2.75) is 11.7 Å². The van der Waals surface area contributed by atoms with Crippen molar-refractivity contribution in [2.24, 2.45) is 5.14 Å². The van der Waals surface area contributed by atoms with E-state index in [0.717, 1.165) is 5.39 Å². The van der Waals surface area contributed by atoms with Crippen LogP contribution >= 0.6 is 0 Å². The number of para-hydroxylation sites is 1. The van der Waals surface area contributed by atoms with E-state index < -0.39 is 15.3 Å². The van der Waals surface area contributed by atoms with Crippen molar-refractivity contribution in [2.75, 3.05) is 11.4 Å². The molecule has 1 fully saturated rings. The van der Waals surface area contributed by atoms with Crippen molar-refractivity contribution in [1.29, 1.82) is 0 Å². The van der Waals surface area contributed by atoms with Crippen LogP contribution in [0.25, 0.3) is 10.9 Å². The standard InChI is InChI=1S/C11H12N4O3S/c12-19(17,18)8-4-10(16)15(6-8)9-3-1-2-7-5-13-14-11(7)9/h1-3,5,8H,4,6H2,(H,13,14)(H2,12,17,18). The van der Waals surface area contributed by atoms with Crippen molar-refractivity contribution < 1.29 is 13.2 Å². The molecule has 7 nitrogen and oxygen atoms in total. The van der Waals surface area contributed by atoms with Gasteiger partial charge in [-0.1, -0.05) is 12.1 Å². The normalized spacial score (nSPS) is 20.4. The number of fused-ring (bicyclic) bond motifs is 1. The van der Waals surface area contributed by atoms with Crippen LogP contribution in [-0.4, -0.2) is 36.3 Å². The first-order valence-electron chi connectivity index (χ1n) is 5.71. The number of benzene rings is 1. The summed E-state index contributed by atoms with van der Waals surface area (Å²) < 4.78 is 22.7. The SMILES string of the molecule is NS(=O)(=O)C1CC(=O)N(c2cccc3cn[nH]c23)C1. The number of nitrogens with one attached hydrogen (secondary N) is 1. The van der Waals surface area contributed by atoms with E-state index in [1.807, 2.05) is 6.07 Å². The van der Waals surface area contributed by atoms with Crippen molar-refractivity contribution in [3.63, 3.8) is 0 Å². The lowest BCUT2D eigenvalue weighted by Crippen LogP contribution is -2.32. The van der Waals surface area contributed by atoms with Gasteiger partial charge in [-0.2, -0.15) is 5.10 Å². The van der Waals surface area contributed by atoms with Crippen LogP contribution in [0.5, 0.6) is 0 Å². The highest BCUT2D eigenvalue weighted by Crippen LogP contribution is 2.29. The van der Waals surface area contributed by atoms with Gasteiger partial charge in [0.1, 0.15) is 5.25 Å². The predicted molar refractivity (Wildman–Crippen MR) is 70.0 cm³/mol. The molecule has 19 heavy (non-hydrogen) atoms. The van der Waals surface area contributed by atoms with Gasteiger partial charge in [-0.3, -0.25) is 9.89 Å². The van der Waals surface area contributed by atoms with Crippen molar-refractivity contribution >= 4 is 32.5 Å². The fourth-order valence-corrected chi connectivity index (χ4v) is 3.04. The second kappa shape index (κ2) is 4.04. The highest BCUT2D eigenvalue weighted by atomic mass is 32.2. The van der Waals surface area contributed by atoms with Gasteiger partial charge in [0.15, 0.2) is 0 Å². The average Bonchev–Trinajstić information content (AvgIpc) is 2.93. The molecule has 0 saturated carbocycles. The number of carbonyl (C=O) groups is 1. The van der Waals surface area contributed by atoms with E-state index in [9.17, 15) is 13.2 Å². The first-order chi connectivity index (χ1) is 8.97. The number of anilines is 1. The largest absolute Gasteiger partial charge is 0.309 e. The van der Waals surface area contributed by atoms with E-state index in [4.69, 9.17) is 5.14 Å². The number of carbonyl (C=O) groups excluding carboxylic acids is 1. The van der Waals surface area contributed by atoms with Crippen LogP contribution in [0.15, 0.2) is 24.4 Å². The molecule has 0 radical (unpaired) electrons. The number of amides is 1. The first kappa shape index (κ1) is 12.1. The molecular weight excluding hydrogens is 268 g/mol. The first-order valence-corrected chi connectivity index (χ1v) is 7.32. The van der Waals surface area contributed by atoms with Crippen LogP contribution in [0.4, 0.5) is 5.69 Å². The van der Waals surface area contributed by atoms with Gasteiger partial charge in [0, 0.05) is 18.4 Å². The molecule has 2 aromatic rings. The minimum Gasteiger partial charge on any atom is -0.309 e. The topological polar surface area (TPSA) is 109 Å². The van der Waals surface area contributed by atoms with E-state index in [1.54, 1.807) is 18.3 Å². The monoisotopic (exact) mass is 280 g/mol. The Balaban J connectivity index is 2.04. The summed E-state index contributed by atoms with van der Waals surface area (Å²) in [7, 11) is -3.70. The number of rotatable bonds is 2. The minimum absolute atomic E-state index is 0.0792. The summed E-state index contributed by atoms with van der Waals surface area (Å²) in [4.78, 5) is 13.4. The van der Waals surface area contributed by atoms with Crippen LogP contribution in [0.3, 0.4) is 0 Å². The molecule has 1 saturated heterocycles. The molecule has 0 aliphatic carbocycles. The number of hydrogen-bond donors (Lipinski definition) is 2. The molecule has 3 N–H and O–H groups in total. The third-order valence-corrected chi connectivity index (χ3v) is 4.54. The third kappa shape index (κ3) is 1.98. The Hall–Kier alpha value is -1.93. The highest BCUT2D eigenvalue weighted by molar-refractivity contribution is 7.89. The number of aromatic amines is 1. The summed E-state index contributed by atoms with van der Waals surface area (Å²) in [5, 5.41) is 11.9. The maximum Gasteiger partial charge on any atom is 0.228 e. The zero-order valence-electron chi connectivity index (χ0n) is 9.91. The Morgan fingerprint density at radius 3 is 2.89 bits per heavy atom. The van der Waals surface area contributed by atoms with Crippen LogP contribution in [0.2, 0.25) is 0 Å². The summed E-state index contributed by atoms with van der Waals surface area (Å²) in [6, 6.07) is 5.41. The molecule has 1 amide bonds. The Labute approximate surface area is 109 Å². The van der Waals surface area contributed by atoms with Gasteiger partial charge in [-0.05, 0) is 6.07 Å². The molecule has 2 heterocycles. The predicted octanol–water partition coefficient (Wildman–Crippen LogP) is -0.0433. The summed E-state index contributed by atoms with van der Waals surface area (Å²) in [5.74, 6) is -0.249. The summed E-state index contributed by atoms with van der Waals surface area (Å²) in [6.07, 6.45) is 1.57. The van der Waals surface area contributed by atoms with Gasteiger partial charge in [-0.15, -0.1) is 0 Å². The molecule has 1 unspecified atom stereocenters. The molecule has 0 bridgehead atoms. The molecule has 8 heteroatoms. The molecule has 1 aliphatic rings. The van der Waals surface area contributed by atoms with E-state index in [1.165, 1.54) is 4.90 Å². The highest BCUT2D eigenvalue weighted by Gasteiger charge is 2.37. The summed E-state index contributed by atoms with van der Waals surface area (Å²) in [6.45, 7) is 0.0792. The van der Waals surface area contributed by atoms with Crippen molar-refractivity contribution in [3.05, 3.63) is 24.4 Å². The maximum atomic E-state index is 12.0. The number of primary sulfonamides is 1. The number of hydrogen-bond acceptors (Lipinski definition) is 4. The van der Waals surface area contributed by atoms with Crippen LogP contribution < -0.4 is 10.0 Å². The molecule has 3 rings (SSSR count). The quantitative estimate of drug-likeness (QED) is 0.804. The van der Waals surface area contributed by atoms with Crippen molar-refractivity contribution in [1.82, 2.24) is 10.2 Å². The number of aromatic nitrogens is 2. The van der Waals surface area contributed by atoms with Gasteiger partial charge in [0.25, 0.3) is 0 Å². The van der Waals surface area contributed by atoms with Gasteiger partial charge < -0.3 is 4.90 Å². The van der Waals surface area contributed by atoms with Crippen LogP contribution in [0.1, 0.15) is 6.42 Å². The number of sulfonamides is 1. The smallest absolute Gasteiger partial charge is 0.228 e. The van der Waals surface area contributed by atoms with E-state index in [0.29, 0.717) is 11.2 Å². The molecule has 1 atom stereocenters. The number of H-pyrrole nitrogens is 1.